The van der Waals surface area contributed by atoms with Gasteiger partial charge in [0.25, 0.3) is 0 Å². The highest BCUT2D eigenvalue weighted by Crippen LogP contribution is 2.42. The monoisotopic (exact) mass is 466 g/mol. The first-order valence-electron chi connectivity index (χ1n) is 12.3. The summed E-state index contributed by atoms with van der Waals surface area (Å²) in [5, 5.41) is 4.11. The normalized spacial score (nSPS) is 25.5. The zero-order valence-corrected chi connectivity index (χ0v) is 19.3. The van der Waals surface area contributed by atoms with E-state index in [9.17, 15) is 0 Å². The Morgan fingerprint density at radius 2 is 2.00 bits per heavy atom. The number of halogens is 1. The van der Waals surface area contributed by atoms with Crippen LogP contribution in [0.25, 0.3) is 22.2 Å². The van der Waals surface area contributed by atoms with Crippen LogP contribution in [0.15, 0.2) is 30.7 Å². The first-order chi connectivity index (χ1) is 16.7. The molecule has 3 fully saturated rings. The summed E-state index contributed by atoms with van der Waals surface area (Å²) in [5.41, 5.74) is 8.21. The molecule has 180 valence electrons. The third-order valence-electron chi connectivity index (χ3n) is 7.48. The number of nitrogens with zero attached hydrogens (tertiary/aromatic N) is 4. The van der Waals surface area contributed by atoms with Crippen molar-refractivity contribution in [3.8, 4) is 16.9 Å². The highest BCUT2D eigenvalue weighted by Gasteiger charge is 2.36. The summed E-state index contributed by atoms with van der Waals surface area (Å²) in [4.78, 5) is 11.3. The molecule has 1 aliphatic carbocycles. The van der Waals surface area contributed by atoms with Crippen molar-refractivity contribution in [3.05, 3.63) is 36.5 Å². The minimum atomic E-state index is -0.320. The van der Waals surface area contributed by atoms with Gasteiger partial charge in [0.2, 0.25) is 0 Å². The Kier molecular flexibility index (Phi) is 5.84. The maximum atomic E-state index is 15.1. The van der Waals surface area contributed by atoms with Gasteiger partial charge in [0.05, 0.1) is 11.5 Å². The third-order valence-corrected chi connectivity index (χ3v) is 7.48. The van der Waals surface area contributed by atoms with Crippen molar-refractivity contribution in [2.75, 3.05) is 45.1 Å². The number of benzene rings is 1. The van der Waals surface area contributed by atoms with E-state index < -0.39 is 0 Å². The quantitative estimate of drug-likeness (QED) is 0.577. The molecule has 0 radical (unpaired) electrons. The molecule has 9 heteroatoms. The van der Waals surface area contributed by atoms with Gasteiger partial charge in [-0.25, -0.2) is 14.4 Å². The Morgan fingerprint density at radius 3 is 2.79 bits per heavy atom. The summed E-state index contributed by atoms with van der Waals surface area (Å²) in [7, 11) is 0. The fraction of sp³-hybridized carbons (Fsp3) is 0.520. The second-order valence-electron chi connectivity index (χ2n) is 9.56. The summed E-state index contributed by atoms with van der Waals surface area (Å²) in [6, 6.07) is 5.76. The molecule has 1 aromatic carbocycles. The number of fused-ring (bicyclic) bond motifs is 1. The molecule has 8 nitrogen and oxygen atoms in total. The maximum absolute atomic E-state index is 15.1. The summed E-state index contributed by atoms with van der Waals surface area (Å²) >= 11 is 0. The number of ether oxygens (including phenoxy) is 2. The average Bonchev–Trinajstić information content (AvgIpc) is 3.48. The number of hydrogen-bond donors (Lipinski definition) is 2. The van der Waals surface area contributed by atoms with Gasteiger partial charge < -0.3 is 25.1 Å². The van der Waals surface area contributed by atoms with Crippen LogP contribution >= 0.6 is 0 Å². The number of anilines is 1. The van der Waals surface area contributed by atoms with E-state index in [1.165, 1.54) is 12.4 Å². The molecule has 1 atom stereocenters. The van der Waals surface area contributed by atoms with Gasteiger partial charge in [-0.2, -0.15) is 0 Å². The smallest absolute Gasteiger partial charge is 0.146 e. The van der Waals surface area contributed by atoms with Crippen LogP contribution in [0.3, 0.4) is 0 Å². The van der Waals surface area contributed by atoms with Crippen LogP contribution in [0, 0.1) is 5.82 Å². The molecule has 3 aromatic rings. The van der Waals surface area contributed by atoms with Crippen molar-refractivity contribution in [2.45, 2.75) is 43.9 Å². The molecule has 1 saturated carbocycles. The van der Waals surface area contributed by atoms with E-state index >= 15 is 4.39 Å². The lowest BCUT2D eigenvalue weighted by molar-refractivity contribution is 0.0679. The highest BCUT2D eigenvalue weighted by atomic mass is 19.1. The Hall–Kier alpha value is -2.75. The number of rotatable bonds is 6. The number of hydrogen-bond acceptors (Lipinski definition) is 7. The molecular formula is C25H31FN6O2. The van der Waals surface area contributed by atoms with Crippen molar-refractivity contribution in [3.63, 3.8) is 0 Å². The van der Waals surface area contributed by atoms with Crippen LogP contribution in [0.4, 0.5) is 10.2 Å². The SMILES string of the molecule is Nc1ncnc2c1c(-c1cc(OCC3CCCO3)ccc1F)cn2C1CC(N2CCNCC2)C1. The fourth-order valence-electron chi connectivity index (χ4n) is 5.49. The largest absolute Gasteiger partial charge is 0.491 e. The van der Waals surface area contributed by atoms with Gasteiger partial charge in [-0.15, -0.1) is 0 Å². The molecule has 34 heavy (non-hydrogen) atoms. The minimum Gasteiger partial charge on any atom is -0.491 e. The van der Waals surface area contributed by atoms with Crippen molar-refractivity contribution in [1.82, 2.24) is 24.8 Å². The number of nitrogens with two attached hydrogens (primary N) is 1. The molecule has 2 aromatic heterocycles. The van der Waals surface area contributed by atoms with Gasteiger partial charge in [-0.05, 0) is 43.9 Å². The standard InChI is InChI=1S/C25H31FN6O2/c26-22-4-3-18(34-14-19-2-1-9-33-19)12-20(22)21-13-32(25-23(21)24(27)29-15-30-25)17-10-16(11-17)31-7-5-28-6-8-31/h3-4,12-13,15-17,19,28H,1-2,5-11,14H2,(H2,27,29,30). The van der Waals surface area contributed by atoms with Crippen LogP contribution in [0.2, 0.25) is 0 Å². The molecule has 4 heterocycles. The molecule has 3 N–H and O–H groups in total. The Balaban J connectivity index is 1.29. The lowest BCUT2D eigenvalue weighted by Crippen LogP contribution is -2.53. The average molecular weight is 467 g/mol. The molecule has 1 unspecified atom stereocenters. The second-order valence-corrected chi connectivity index (χ2v) is 9.56. The Labute approximate surface area is 198 Å². The van der Waals surface area contributed by atoms with Gasteiger partial charge in [0.15, 0.2) is 0 Å². The van der Waals surface area contributed by atoms with Crippen LogP contribution in [0.1, 0.15) is 31.7 Å². The van der Waals surface area contributed by atoms with Crippen LogP contribution in [0.5, 0.6) is 5.75 Å². The second kappa shape index (κ2) is 9.13. The van der Waals surface area contributed by atoms with E-state index in [-0.39, 0.29) is 11.9 Å². The molecule has 0 bridgehead atoms. The van der Waals surface area contributed by atoms with Gasteiger partial charge in [0, 0.05) is 62.2 Å². The van der Waals surface area contributed by atoms with E-state index in [4.69, 9.17) is 15.2 Å². The van der Waals surface area contributed by atoms with E-state index in [1.54, 1.807) is 12.1 Å². The number of aromatic nitrogens is 3. The number of piperazine rings is 1. The zero-order chi connectivity index (χ0) is 23.1. The molecule has 2 aliphatic heterocycles. The molecule has 2 saturated heterocycles. The van der Waals surface area contributed by atoms with Crippen LogP contribution in [-0.4, -0.2) is 71.0 Å². The third kappa shape index (κ3) is 4.01. The summed E-state index contributed by atoms with van der Waals surface area (Å²) in [6.45, 7) is 5.52. The van der Waals surface area contributed by atoms with Crippen molar-refractivity contribution < 1.29 is 13.9 Å². The predicted octanol–water partition coefficient (Wildman–Crippen LogP) is 2.99. The fourth-order valence-corrected chi connectivity index (χ4v) is 5.49. The minimum absolute atomic E-state index is 0.0988. The highest BCUT2D eigenvalue weighted by molar-refractivity contribution is 6.01. The van der Waals surface area contributed by atoms with Crippen LogP contribution in [-0.2, 0) is 4.74 Å². The lowest BCUT2D eigenvalue weighted by atomic mass is 9.85. The topological polar surface area (TPSA) is 90.5 Å². The van der Waals surface area contributed by atoms with Gasteiger partial charge >= 0.3 is 0 Å². The molecule has 6 rings (SSSR count). The van der Waals surface area contributed by atoms with Gasteiger partial charge in [-0.1, -0.05) is 0 Å². The zero-order valence-electron chi connectivity index (χ0n) is 19.3. The molecular weight excluding hydrogens is 435 g/mol. The van der Waals surface area contributed by atoms with E-state index in [0.29, 0.717) is 46.8 Å². The lowest BCUT2D eigenvalue weighted by Gasteiger charge is -2.45. The van der Waals surface area contributed by atoms with Gasteiger partial charge in [0.1, 0.15) is 36.0 Å². The van der Waals surface area contributed by atoms with E-state index in [0.717, 1.165) is 64.1 Å². The van der Waals surface area contributed by atoms with Crippen molar-refractivity contribution in [1.29, 1.82) is 0 Å². The molecule has 3 aliphatic rings. The summed E-state index contributed by atoms with van der Waals surface area (Å²) in [5.74, 6) is 0.659. The maximum Gasteiger partial charge on any atom is 0.146 e. The predicted molar refractivity (Wildman–Crippen MR) is 128 cm³/mol. The van der Waals surface area contributed by atoms with Crippen molar-refractivity contribution >= 4 is 16.9 Å². The molecule has 0 amide bonds. The number of nitrogen functional groups attached to an aromatic ring is 1. The van der Waals surface area contributed by atoms with E-state index in [2.05, 4.69) is 24.8 Å². The Morgan fingerprint density at radius 1 is 1.15 bits per heavy atom. The molecule has 0 spiro atoms. The Bertz CT molecular complexity index is 1170. The summed E-state index contributed by atoms with van der Waals surface area (Å²) < 4.78 is 28.8. The number of nitrogens with one attached hydrogen (secondary N) is 1. The van der Waals surface area contributed by atoms with Gasteiger partial charge in [-0.3, -0.25) is 4.90 Å². The van der Waals surface area contributed by atoms with E-state index in [1.807, 2.05) is 6.20 Å². The van der Waals surface area contributed by atoms with Crippen molar-refractivity contribution in [2.24, 2.45) is 0 Å². The van der Waals surface area contributed by atoms with Crippen LogP contribution < -0.4 is 15.8 Å². The first kappa shape index (κ1) is 21.8. The first-order valence-corrected chi connectivity index (χ1v) is 12.3. The summed E-state index contributed by atoms with van der Waals surface area (Å²) in [6.07, 6.45) is 7.74.